The van der Waals surface area contributed by atoms with Crippen LogP contribution in [-0.4, -0.2) is 31.7 Å². The molecule has 0 saturated carbocycles. The molecule has 0 atom stereocenters. The number of aryl methyl sites for hydroxylation is 1. The molecule has 0 unspecified atom stereocenters. The Morgan fingerprint density at radius 2 is 1.40 bits per heavy atom. The van der Waals surface area contributed by atoms with Crippen LogP contribution in [0.4, 0.5) is 0 Å². The Labute approximate surface area is 94.6 Å². The van der Waals surface area contributed by atoms with Gasteiger partial charge in [0.1, 0.15) is 0 Å². The first-order valence-corrected chi connectivity index (χ1v) is 8.16. The van der Waals surface area contributed by atoms with Gasteiger partial charge in [-0.2, -0.15) is 8.42 Å². The molecule has 0 fully saturated rings. The highest BCUT2D eigenvalue weighted by Gasteiger charge is 2.06. The van der Waals surface area contributed by atoms with Crippen LogP contribution in [-0.2, 0) is 21.0 Å². The van der Waals surface area contributed by atoms with Crippen LogP contribution in [0.25, 0.3) is 0 Å². The van der Waals surface area contributed by atoms with Gasteiger partial charge >= 0.3 is 0 Å². The zero-order chi connectivity index (χ0) is 12.1. The Balaban J connectivity index is 0.000000423. The highest BCUT2D eigenvalue weighted by molar-refractivity contribution is 7.94. The first-order chi connectivity index (χ1) is 6.73. The average molecular weight is 249 g/mol. The lowest BCUT2D eigenvalue weighted by Crippen LogP contribution is -1.96. The summed E-state index contributed by atoms with van der Waals surface area (Å²) in [5.41, 5.74) is 0.956. The molecule has 0 aliphatic carbocycles. The van der Waals surface area contributed by atoms with Crippen molar-refractivity contribution in [2.75, 3.05) is 18.8 Å². The summed E-state index contributed by atoms with van der Waals surface area (Å²) in [6.45, 7) is 1.84. The van der Waals surface area contributed by atoms with Crippen molar-refractivity contribution in [3.05, 3.63) is 29.8 Å². The van der Waals surface area contributed by atoms with E-state index in [2.05, 4.69) is 18.8 Å². The number of rotatable bonds is 1. The standard InChI is InChI=1S/C7H8O3S.C3H9S/c1-6-2-4-7(5-3-6)11(8,9)10;1-4(2)3/h2-5H,1H3,(H,8,9,10);1-3H3/q;+1. The van der Waals surface area contributed by atoms with Crippen molar-refractivity contribution in [3.8, 4) is 0 Å². The molecule has 0 saturated heterocycles. The minimum atomic E-state index is -4.02. The fraction of sp³-hybridized carbons (Fsp3) is 0.400. The van der Waals surface area contributed by atoms with Crippen LogP contribution in [0.15, 0.2) is 29.2 Å². The maximum Gasteiger partial charge on any atom is 0.294 e. The van der Waals surface area contributed by atoms with Gasteiger partial charge in [-0.05, 0) is 30.0 Å². The summed E-state index contributed by atoms with van der Waals surface area (Å²) in [6.07, 6.45) is 6.58. The highest BCUT2D eigenvalue weighted by atomic mass is 32.2. The van der Waals surface area contributed by atoms with Crippen molar-refractivity contribution >= 4 is 21.0 Å². The van der Waals surface area contributed by atoms with E-state index in [9.17, 15) is 8.42 Å². The normalized spacial score (nSPS) is 10.8. The van der Waals surface area contributed by atoms with E-state index in [1.54, 1.807) is 12.1 Å². The second kappa shape index (κ2) is 6.15. The van der Waals surface area contributed by atoms with Crippen LogP contribution in [0.1, 0.15) is 5.56 Å². The summed E-state index contributed by atoms with van der Waals surface area (Å²) in [5, 5.41) is 0. The fourth-order valence-corrected chi connectivity index (χ4v) is 1.19. The molecule has 1 aromatic carbocycles. The molecule has 0 aromatic heterocycles. The molecular weight excluding hydrogens is 232 g/mol. The van der Waals surface area contributed by atoms with Crippen molar-refractivity contribution in [1.82, 2.24) is 0 Å². The minimum Gasteiger partial charge on any atom is -0.282 e. The van der Waals surface area contributed by atoms with Crippen molar-refractivity contribution < 1.29 is 13.0 Å². The third-order valence-electron chi connectivity index (χ3n) is 1.32. The van der Waals surface area contributed by atoms with Crippen LogP contribution in [0.5, 0.6) is 0 Å². The Hall–Kier alpha value is -0.520. The first kappa shape index (κ1) is 14.5. The van der Waals surface area contributed by atoms with Crippen molar-refractivity contribution in [2.24, 2.45) is 0 Å². The summed E-state index contributed by atoms with van der Waals surface area (Å²) < 4.78 is 29.6. The Morgan fingerprint density at radius 3 is 1.67 bits per heavy atom. The fourth-order valence-electron chi connectivity index (χ4n) is 0.710. The molecule has 0 heterocycles. The number of hydrogen-bond donors (Lipinski definition) is 1. The van der Waals surface area contributed by atoms with Gasteiger partial charge in [0.25, 0.3) is 10.1 Å². The molecule has 0 radical (unpaired) electrons. The van der Waals surface area contributed by atoms with Gasteiger partial charge in [-0.1, -0.05) is 17.7 Å². The first-order valence-electron chi connectivity index (χ1n) is 4.27. The van der Waals surface area contributed by atoms with E-state index in [4.69, 9.17) is 4.55 Å². The van der Waals surface area contributed by atoms with E-state index in [0.717, 1.165) is 5.56 Å². The monoisotopic (exact) mass is 249 g/mol. The Bertz CT molecular complexity index is 377. The maximum atomic E-state index is 10.5. The zero-order valence-electron chi connectivity index (χ0n) is 9.39. The van der Waals surface area contributed by atoms with Gasteiger partial charge in [0.05, 0.1) is 23.7 Å². The summed E-state index contributed by atoms with van der Waals surface area (Å²) in [4.78, 5) is -0.0666. The van der Waals surface area contributed by atoms with Crippen LogP contribution in [0.3, 0.4) is 0 Å². The molecule has 15 heavy (non-hydrogen) atoms. The van der Waals surface area contributed by atoms with Gasteiger partial charge < -0.3 is 0 Å². The molecule has 5 heteroatoms. The lowest BCUT2D eigenvalue weighted by atomic mass is 10.2. The maximum absolute atomic E-state index is 10.5. The second-order valence-electron chi connectivity index (χ2n) is 3.51. The van der Waals surface area contributed by atoms with E-state index in [1.165, 1.54) is 12.1 Å². The molecule has 0 amide bonds. The van der Waals surface area contributed by atoms with E-state index in [0.29, 0.717) is 10.9 Å². The molecule has 0 aliphatic heterocycles. The largest absolute Gasteiger partial charge is 0.294 e. The lowest BCUT2D eigenvalue weighted by molar-refractivity contribution is 0.483. The smallest absolute Gasteiger partial charge is 0.282 e. The van der Waals surface area contributed by atoms with E-state index in [1.807, 2.05) is 6.92 Å². The summed E-state index contributed by atoms with van der Waals surface area (Å²) in [6, 6.07) is 5.99. The molecule has 1 N–H and O–H groups in total. The van der Waals surface area contributed by atoms with Gasteiger partial charge in [-0.25, -0.2) is 0 Å². The minimum absolute atomic E-state index is 0.0666. The molecule has 0 spiro atoms. The molecule has 86 valence electrons. The molecule has 1 rings (SSSR count). The van der Waals surface area contributed by atoms with Gasteiger partial charge in [0, 0.05) is 0 Å². The molecule has 3 nitrogen and oxygen atoms in total. The van der Waals surface area contributed by atoms with Crippen LogP contribution >= 0.6 is 0 Å². The van der Waals surface area contributed by atoms with Gasteiger partial charge in [0.2, 0.25) is 0 Å². The van der Waals surface area contributed by atoms with Gasteiger partial charge in [0.15, 0.2) is 0 Å². The lowest BCUT2D eigenvalue weighted by Gasteiger charge is -1.95. The third-order valence-corrected chi connectivity index (χ3v) is 2.19. The van der Waals surface area contributed by atoms with Gasteiger partial charge in [-0.15, -0.1) is 0 Å². The highest BCUT2D eigenvalue weighted by Crippen LogP contribution is 2.08. The predicted molar refractivity (Wildman–Crippen MR) is 66.1 cm³/mol. The number of benzene rings is 1. The Morgan fingerprint density at radius 1 is 1.07 bits per heavy atom. The van der Waals surface area contributed by atoms with Crippen LogP contribution in [0.2, 0.25) is 0 Å². The van der Waals surface area contributed by atoms with E-state index >= 15 is 0 Å². The zero-order valence-corrected chi connectivity index (χ0v) is 11.0. The molecular formula is C10H17O3S2+. The Kier molecular flexibility index (Phi) is 5.93. The van der Waals surface area contributed by atoms with Crippen molar-refractivity contribution in [3.63, 3.8) is 0 Å². The summed E-state index contributed by atoms with van der Waals surface area (Å²) in [5.74, 6) is 0. The second-order valence-corrected chi connectivity index (χ2v) is 7.38. The molecule has 1 aromatic rings. The van der Waals surface area contributed by atoms with Crippen molar-refractivity contribution in [2.45, 2.75) is 11.8 Å². The van der Waals surface area contributed by atoms with Crippen LogP contribution < -0.4 is 0 Å². The quantitative estimate of drug-likeness (QED) is 0.609. The predicted octanol–water partition coefficient (Wildman–Crippen LogP) is 1.74. The van der Waals surface area contributed by atoms with Crippen LogP contribution in [0, 0.1) is 6.92 Å². The van der Waals surface area contributed by atoms with Gasteiger partial charge in [-0.3, -0.25) is 4.55 Å². The SMILES string of the molecule is C[S+](C)C.Cc1ccc(S(=O)(=O)O)cc1. The van der Waals surface area contributed by atoms with E-state index in [-0.39, 0.29) is 4.90 Å². The van der Waals surface area contributed by atoms with Crippen molar-refractivity contribution in [1.29, 1.82) is 0 Å². The molecule has 0 aliphatic rings. The third kappa shape index (κ3) is 7.41. The summed E-state index contributed by atoms with van der Waals surface area (Å²) in [7, 11) is -3.38. The topological polar surface area (TPSA) is 54.4 Å². The molecule has 0 bridgehead atoms. The number of hydrogen-bond acceptors (Lipinski definition) is 2. The van der Waals surface area contributed by atoms with E-state index < -0.39 is 10.1 Å². The summed E-state index contributed by atoms with van der Waals surface area (Å²) >= 11 is 0. The average Bonchev–Trinajstić information content (AvgIpc) is 2.01.